The van der Waals surface area contributed by atoms with E-state index in [1.54, 1.807) is 105 Å². The highest BCUT2D eigenvalue weighted by molar-refractivity contribution is 7.80. The number of guanidine groups is 1. The maximum absolute atomic E-state index is 15.6. The number of carbonyl (C=O) groups is 17. The Hall–Kier alpha value is -13.2. The first-order valence-corrected chi connectivity index (χ1v) is 45.4. The predicted octanol–water partition coefficient (Wildman–Crippen LogP) is -2.05. The summed E-state index contributed by atoms with van der Waals surface area (Å²) in [5.41, 5.74) is 19.5. The molecule has 730 valence electrons. The van der Waals surface area contributed by atoms with Crippen LogP contribution < -0.4 is 75.7 Å². The smallest absolute Gasteiger partial charge is 0.247 e. The molecule has 0 aliphatic carbocycles. The van der Waals surface area contributed by atoms with Crippen molar-refractivity contribution in [2.45, 2.75) is 229 Å². The van der Waals surface area contributed by atoms with E-state index in [0.717, 1.165) is 26.0 Å². The number of carbonyl (C=O) groups excluding carboxylic acids is 17. The maximum Gasteiger partial charge on any atom is 0.247 e. The third kappa shape index (κ3) is 31.2. The summed E-state index contributed by atoms with van der Waals surface area (Å²) in [4.78, 5) is 259. The normalized spacial score (nSPS) is 15.3. The number of aliphatic hydroxyl groups is 2. The van der Waals surface area contributed by atoms with Crippen LogP contribution in [0.1, 0.15) is 141 Å². The van der Waals surface area contributed by atoms with E-state index in [2.05, 4.69) is 91.0 Å². The predicted molar refractivity (Wildman–Crippen MR) is 498 cm³/mol. The maximum atomic E-state index is 15.6. The minimum Gasteiger partial charge on any atom is -0.394 e. The molecule has 1 aliphatic rings. The number of aliphatic hydroxyl groups excluding tert-OH is 2. The molecule has 0 unspecified atom stereocenters. The molecular weight excluding hydrogens is 1780 g/mol. The summed E-state index contributed by atoms with van der Waals surface area (Å²) in [5, 5.41) is 59.4. The fourth-order valence-corrected chi connectivity index (χ4v) is 15.9. The molecule has 3 aromatic carbocycles. The Labute approximate surface area is 786 Å². The van der Waals surface area contributed by atoms with Crippen molar-refractivity contribution < 1.29 is 91.7 Å². The van der Waals surface area contributed by atoms with Crippen LogP contribution in [0, 0.1) is 11.3 Å². The minimum absolute atomic E-state index is 0.0153. The summed E-state index contributed by atoms with van der Waals surface area (Å²) in [6.45, 7) is 6.86. The van der Waals surface area contributed by atoms with Crippen LogP contribution in [-0.2, 0) is 107 Å². The van der Waals surface area contributed by atoms with Gasteiger partial charge in [0.25, 0.3) is 0 Å². The number of hydrogen-bond donors (Lipinski definition) is 21. The van der Waals surface area contributed by atoms with Crippen molar-refractivity contribution >= 4 is 153 Å². The number of aromatic nitrogens is 4. The van der Waals surface area contributed by atoms with Gasteiger partial charge in [-0.25, -0.2) is 9.40 Å². The molecule has 134 heavy (non-hydrogen) atoms. The van der Waals surface area contributed by atoms with E-state index < -0.39 is 211 Å². The van der Waals surface area contributed by atoms with Crippen molar-refractivity contribution in [1.82, 2.24) is 102 Å². The number of aromatic amines is 3. The number of para-hydroxylation sites is 2. The van der Waals surface area contributed by atoms with Crippen LogP contribution in [0.25, 0.3) is 21.8 Å². The van der Waals surface area contributed by atoms with Crippen molar-refractivity contribution in [2.24, 2.45) is 23.1 Å². The Kier molecular flexibility index (Phi) is 42.5. The lowest BCUT2D eigenvalue weighted by molar-refractivity contribution is -0.149. The quantitative estimate of drug-likeness (QED) is 0.00642. The molecule has 23 N–H and O–H groups in total. The molecular formula is C89H127ClN24O19S. The highest BCUT2D eigenvalue weighted by Crippen LogP contribution is 2.26. The zero-order valence-electron chi connectivity index (χ0n) is 76.6. The number of halogens is 1. The molecule has 6 aromatic rings. The molecule has 0 spiro atoms. The second kappa shape index (κ2) is 52.9. The van der Waals surface area contributed by atoms with Crippen LogP contribution in [-0.4, -0.2) is 305 Å². The topological polar surface area (TPSA) is 641 Å². The number of benzene rings is 3. The first-order valence-electron chi connectivity index (χ1n) is 44.4. The van der Waals surface area contributed by atoms with Crippen molar-refractivity contribution in [1.29, 1.82) is 5.41 Å². The van der Waals surface area contributed by atoms with Gasteiger partial charge in [0, 0.05) is 125 Å². The van der Waals surface area contributed by atoms with Gasteiger partial charge in [0.05, 0.1) is 38.2 Å². The molecule has 1 aliphatic heterocycles. The summed E-state index contributed by atoms with van der Waals surface area (Å²) in [7, 11) is 4.00. The van der Waals surface area contributed by atoms with Crippen molar-refractivity contribution in [3.63, 3.8) is 0 Å². The number of imidazole rings is 1. The first-order chi connectivity index (χ1) is 63.7. The van der Waals surface area contributed by atoms with Gasteiger partial charge in [0.1, 0.15) is 84.6 Å². The number of unbranched alkanes of at least 4 members (excludes halogenated alkanes) is 2. The third-order valence-corrected chi connectivity index (χ3v) is 23.9. The van der Waals surface area contributed by atoms with Gasteiger partial charge in [0.2, 0.25) is 100 Å². The van der Waals surface area contributed by atoms with Crippen LogP contribution in [0.4, 0.5) is 0 Å². The minimum atomic E-state index is -1.91. The molecule has 0 saturated carbocycles. The average molecular weight is 1900 g/mol. The summed E-state index contributed by atoms with van der Waals surface area (Å²) in [6, 6.07) is 1.51. The second-order valence-corrected chi connectivity index (χ2v) is 34.3. The molecule has 3 aromatic heterocycles. The zero-order valence-corrected chi connectivity index (χ0v) is 78.3. The standard InChI is InChI=1S/C89H127ClN24O19S/c1-10-12-30-69(83(128)101-60(29-21-33-96-89(93)94)77(122)109-68(47-134)76(121)99-44-74(92)119)111(8)87(132)71(31-13-11-2)112(9)85(130)64(38-54-42-98-59-28-20-18-26-57(54)59)106-82(127)67(46-116)108-79(124)62(37-53-41-97-58-27-19-17-25-56(53)58)103-81(126)66(45-115)107-78(123)61(35-49(3)4)102-80(125)63(39-55-43-95-48-100-55)104-84(129)70-32-22-34-113(70)86(131)65(40-73(91)118)105-75(120)50(5)110(7)88(133)72(114(90)51(6)117)36-52-23-15-14-16-24-52/h14-20,23-28,41-43,48-50,60-72,97-98,115-116,134H,10-13,21-22,29-40,44-47H2,1-9H3,(H2,91,118)(H2,92,119)(H,95,100)(H,99,121)(H,101,128)(H,102,125)(H,103,126)(H,104,129)(H,105,120)(H,106,127)(H,107,123)(H,108,124)(H,109,122)(H4,93,94,96)/t50-,60-,61-,62-,63-,64-,65-,66-,67-,68-,69-,70-,71-,72-/m0/s1. The van der Waals surface area contributed by atoms with Gasteiger partial charge in [-0.15, -0.1) is 0 Å². The van der Waals surface area contributed by atoms with E-state index in [4.69, 9.17) is 34.4 Å². The molecule has 0 bridgehead atoms. The number of thiol groups is 1. The van der Waals surface area contributed by atoms with Gasteiger partial charge >= 0.3 is 0 Å². The Balaban J connectivity index is 1.11. The molecule has 1 saturated heterocycles. The van der Waals surface area contributed by atoms with Crippen molar-refractivity contribution in [3.8, 4) is 0 Å². The Bertz CT molecular complexity index is 5080. The number of likely N-dealkylation sites (tertiary alicyclic amines) is 1. The van der Waals surface area contributed by atoms with Crippen molar-refractivity contribution in [2.75, 3.05) is 59.7 Å². The largest absolute Gasteiger partial charge is 0.394 e. The summed E-state index contributed by atoms with van der Waals surface area (Å²) in [5.74, 6) is -16.3. The lowest BCUT2D eigenvalue weighted by atomic mass is 10.00. The summed E-state index contributed by atoms with van der Waals surface area (Å²) < 4.78 is 0.719. The van der Waals surface area contributed by atoms with Crippen LogP contribution >= 0.6 is 24.4 Å². The number of hydrogen-bond acceptors (Lipinski definition) is 22. The lowest BCUT2D eigenvalue weighted by Gasteiger charge is -2.36. The van der Waals surface area contributed by atoms with Gasteiger partial charge in [-0.05, 0) is 86.6 Å². The summed E-state index contributed by atoms with van der Waals surface area (Å²) >= 11 is 10.6. The van der Waals surface area contributed by atoms with E-state index in [1.165, 1.54) is 45.5 Å². The van der Waals surface area contributed by atoms with Gasteiger partial charge in [0.15, 0.2) is 5.96 Å². The number of likely N-dealkylation sites (N-methyl/N-ethyl adjacent to an activating group) is 3. The molecule has 1 fully saturated rings. The average Bonchev–Trinajstić information content (AvgIpc) is 1.48. The third-order valence-electron chi connectivity index (χ3n) is 23.1. The van der Waals surface area contributed by atoms with E-state index in [0.29, 0.717) is 64.2 Å². The van der Waals surface area contributed by atoms with Crippen LogP contribution in [0.2, 0.25) is 0 Å². The fraction of sp³-hybridized carbons (Fsp3) is 0.517. The SMILES string of the molecule is CCCC[C@@H](C(=O)N(C)[C@@H](CCCC)C(=O)N[C@@H](CCCNC(=N)N)C(=O)N[C@@H](CS)C(=O)NCC(N)=O)N(C)C(=O)[C@H](Cc1c[nH]c2ccccc12)NC(=O)[C@H](CO)NC(=O)[C@H](Cc1c[nH]c2ccccc12)NC(=O)[C@H](CO)NC(=O)[C@H](CC(C)C)NC(=O)[C@H](Cc1c[nH]cn1)NC(=O)[C@@H]1CCCN1C(=O)[C@H](CC(N)=O)NC(=O)[C@H](C)N(C)C(=O)[C@H](Cc1ccccc1)N(Cl)C(C)=O. The molecule has 14 atom stereocenters. The molecule has 4 heterocycles. The Morgan fingerprint density at radius 1 is 0.530 bits per heavy atom. The monoisotopic (exact) mass is 1900 g/mol. The van der Waals surface area contributed by atoms with Gasteiger partial charge in [-0.2, -0.15) is 12.6 Å². The highest BCUT2D eigenvalue weighted by Gasteiger charge is 2.44. The van der Waals surface area contributed by atoms with Gasteiger partial charge in [-0.3, -0.25) is 86.9 Å². The summed E-state index contributed by atoms with van der Waals surface area (Å²) in [6.07, 6.45) is 6.29. The van der Waals surface area contributed by atoms with Crippen molar-refractivity contribution in [3.05, 3.63) is 126 Å². The number of nitrogens with two attached hydrogens (primary N) is 3. The number of fused-ring (bicyclic) bond motifs is 2. The number of amides is 17. The number of primary amides is 2. The van der Waals surface area contributed by atoms with Crippen LogP contribution in [0.15, 0.2) is 104 Å². The molecule has 45 heteroatoms. The number of nitrogens with one attached hydrogen (secondary N) is 15. The Morgan fingerprint density at radius 2 is 1.02 bits per heavy atom. The molecule has 0 radical (unpaired) electrons. The lowest BCUT2D eigenvalue weighted by Crippen LogP contribution is -2.62. The van der Waals surface area contributed by atoms with Gasteiger partial charge in [-0.1, -0.05) is 120 Å². The number of rotatable bonds is 54. The fourth-order valence-electron chi connectivity index (χ4n) is 15.5. The first kappa shape index (κ1) is 108. The zero-order chi connectivity index (χ0) is 98.7. The second-order valence-electron chi connectivity index (χ2n) is 33.5. The Morgan fingerprint density at radius 3 is 1.56 bits per heavy atom. The van der Waals surface area contributed by atoms with E-state index in [9.17, 15) is 72.5 Å². The number of nitrogens with zero attached hydrogens (tertiary/aromatic N) is 6. The highest BCUT2D eigenvalue weighted by atomic mass is 35.5. The molecule has 7 rings (SSSR count). The van der Waals surface area contributed by atoms with E-state index >= 15 is 19.2 Å². The molecule has 17 amide bonds. The van der Waals surface area contributed by atoms with E-state index in [1.807, 2.05) is 13.8 Å². The molecule has 43 nitrogen and oxygen atoms in total. The van der Waals surface area contributed by atoms with Crippen LogP contribution in [0.5, 0.6) is 0 Å². The number of H-pyrrole nitrogens is 3. The van der Waals surface area contributed by atoms with Gasteiger partial charge < -0.3 is 120 Å². The van der Waals surface area contributed by atoms with E-state index in [-0.39, 0.29) is 107 Å². The van der Waals surface area contributed by atoms with Crippen LogP contribution in [0.3, 0.4) is 0 Å².